The van der Waals surface area contributed by atoms with Crippen LogP contribution >= 0.6 is 11.8 Å². The Bertz CT molecular complexity index is 749. The average Bonchev–Trinajstić information content (AvgIpc) is 2.94. The number of nitrogens with two attached hydrogens (primary N) is 1. The monoisotopic (exact) mass is 365 g/mol. The highest BCUT2D eigenvalue weighted by molar-refractivity contribution is 7.99. The van der Waals surface area contributed by atoms with E-state index < -0.39 is 0 Å². The van der Waals surface area contributed by atoms with E-state index in [1.807, 2.05) is 0 Å². The summed E-state index contributed by atoms with van der Waals surface area (Å²) in [6.45, 7) is 1.93. The van der Waals surface area contributed by atoms with E-state index in [4.69, 9.17) is 15.2 Å². The number of carbonyl (C=O) groups is 2. The highest BCUT2D eigenvalue weighted by Crippen LogP contribution is 2.23. The van der Waals surface area contributed by atoms with Crippen molar-refractivity contribution in [1.82, 2.24) is 14.8 Å². The van der Waals surface area contributed by atoms with Gasteiger partial charge in [-0.3, -0.25) is 14.2 Å². The predicted molar refractivity (Wildman–Crippen MR) is 93.4 cm³/mol. The fourth-order valence-corrected chi connectivity index (χ4v) is 2.71. The van der Waals surface area contributed by atoms with Crippen molar-refractivity contribution in [3.05, 3.63) is 24.3 Å². The van der Waals surface area contributed by atoms with Crippen molar-refractivity contribution < 1.29 is 19.1 Å². The number of esters is 1. The van der Waals surface area contributed by atoms with E-state index in [1.165, 1.54) is 11.7 Å². The number of aromatic nitrogens is 3. The zero-order valence-electron chi connectivity index (χ0n) is 13.9. The first-order valence-electron chi connectivity index (χ1n) is 7.45. The molecule has 0 unspecified atom stereocenters. The lowest BCUT2D eigenvalue weighted by atomic mass is 10.3. The van der Waals surface area contributed by atoms with Crippen LogP contribution in [-0.4, -0.2) is 46.1 Å². The normalized spacial score (nSPS) is 10.3. The van der Waals surface area contributed by atoms with Gasteiger partial charge in [0, 0.05) is 0 Å². The molecule has 1 aromatic carbocycles. The van der Waals surface area contributed by atoms with Gasteiger partial charge in [-0.05, 0) is 19.1 Å². The lowest BCUT2D eigenvalue weighted by Crippen LogP contribution is -2.21. The predicted octanol–water partition coefficient (Wildman–Crippen LogP) is 1.16. The fourth-order valence-electron chi connectivity index (χ4n) is 1.96. The topological polar surface area (TPSA) is 121 Å². The second-order valence-electron chi connectivity index (χ2n) is 4.77. The van der Waals surface area contributed by atoms with Gasteiger partial charge < -0.3 is 20.5 Å². The smallest absolute Gasteiger partial charge is 0.316 e. The number of nitrogen functional groups attached to an aromatic ring is 1. The number of rotatable bonds is 8. The number of benzene rings is 1. The Labute approximate surface area is 148 Å². The molecule has 1 amide bonds. The van der Waals surface area contributed by atoms with Crippen LogP contribution in [0.5, 0.6) is 5.75 Å². The molecule has 1 aromatic heterocycles. The summed E-state index contributed by atoms with van der Waals surface area (Å²) in [5.74, 6) is -0.0146. The number of methoxy groups -OCH3 is 1. The summed E-state index contributed by atoms with van der Waals surface area (Å²) >= 11 is 1.10. The zero-order chi connectivity index (χ0) is 18.2. The molecule has 1 heterocycles. The van der Waals surface area contributed by atoms with Gasteiger partial charge in [0.1, 0.15) is 12.3 Å². The molecule has 0 aliphatic rings. The Morgan fingerprint density at radius 3 is 2.80 bits per heavy atom. The Kier molecular flexibility index (Phi) is 6.63. The summed E-state index contributed by atoms with van der Waals surface area (Å²) in [6, 6.07) is 7.05. The molecule has 0 fully saturated rings. The Morgan fingerprint density at radius 2 is 2.08 bits per heavy atom. The maximum Gasteiger partial charge on any atom is 0.316 e. The lowest BCUT2D eigenvalue weighted by Gasteiger charge is -2.11. The summed E-state index contributed by atoms with van der Waals surface area (Å²) in [7, 11) is 1.52. The van der Waals surface area contributed by atoms with E-state index in [9.17, 15) is 9.59 Å². The lowest BCUT2D eigenvalue weighted by molar-refractivity contribution is -0.139. The standard InChI is InChI=1S/C15H19N5O4S/c1-3-24-13(22)9-25-15-19-18-14(16)20(15)8-12(21)17-10-6-4-5-7-11(10)23-2/h4-7H,3,8-9H2,1-2H3,(H2,16,18)(H,17,21). The van der Waals surface area contributed by atoms with Gasteiger partial charge in [-0.2, -0.15) is 0 Å². The molecule has 2 aromatic rings. The molecule has 2 rings (SSSR count). The third-order valence-electron chi connectivity index (χ3n) is 3.05. The SMILES string of the molecule is CCOC(=O)CSc1nnc(N)n1CC(=O)Nc1ccccc1OC. The second kappa shape index (κ2) is 8.92. The minimum Gasteiger partial charge on any atom is -0.495 e. The summed E-state index contributed by atoms with van der Waals surface area (Å²) < 4.78 is 11.5. The third-order valence-corrected chi connectivity index (χ3v) is 3.99. The minimum absolute atomic E-state index is 0.0557. The molecule has 0 spiro atoms. The molecular formula is C15H19N5O4S. The van der Waals surface area contributed by atoms with E-state index in [2.05, 4.69) is 15.5 Å². The first-order valence-corrected chi connectivity index (χ1v) is 8.43. The second-order valence-corrected chi connectivity index (χ2v) is 5.71. The van der Waals surface area contributed by atoms with Crippen molar-refractivity contribution in [3.8, 4) is 5.75 Å². The highest BCUT2D eigenvalue weighted by Gasteiger charge is 2.16. The maximum absolute atomic E-state index is 12.3. The van der Waals surface area contributed by atoms with E-state index in [1.54, 1.807) is 31.2 Å². The van der Waals surface area contributed by atoms with Crippen molar-refractivity contribution in [2.75, 3.05) is 30.5 Å². The summed E-state index contributed by atoms with van der Waals surface area (Å²) in [5.41, 5.74) is 6.30. The number of amides is 1. The number of para-hydroxylation sites is 2. The molecule has 0 aliphatic carbocycles. The summed E-state index contributed by atoms with van der Waals surface area (Å²) in [5, 5.41) is 10.7. The molecule has 134 valence electrons. The van der Waals surface area contributed by atoms with Crippen LogP contribution in [0.15, 0.2) is 29.4 Å². The van der Waals surface area contributed by atoms with Gasteiger partial charge in [0.25, 0.3) is 0 Å². The number of nitrogens with one attached hydrogen (secondary N) is 1. The molecule has 0 aliphatic heterocycles. The molecular weight excluding hydrogens is 346 g/mol. The van der Waals surface area contributed by atoms with Gasteiger partial charge >= 0.3 is 5.97 Å². The highest BCUT2D eigenvalue weighted by atomic mass is 32.2. The minimum atomic E-state index is -0.376. The van der Waals surface area contributed by atoms with Crippen LogP contribution in [0, 0.1) is 0 Å². The van der Waals surface area contributed by atoms with E-state index in [0.717, 1.165) is 11.8 Å². The number of nitrogens with zero attached hydrogens (tertiary/aromatic N) is 3. The van der Waals surface area contributed by atoms with Crippen molar-refractivity contribution >= 4 is 35.3 Å². The number of ether oxygens (including phenoxy) is 2. The van der Waals surface area contributed by atoms with E-state index in [-0.39, 0.29) is 30.1 Å². The van der Waals surface area contributed by atoms with Gasteiger partial charge in [0.15, 0.2) is 5.16 Å². The number of anilines is 2. The van der Waals surface area contributed by atoms with E-state index in [0.29, 0.717) is 23.2 Å². The molecule has 3 N–H and O–H groups in total. The third kappa shape index (κ3) is 5.11. The van der Waals surface area contributed by atoms with Crippen LogP contribution in [-0.2, 0) is 20.9 Å². The van der Waals surface area contributed by atoms with Crippen LogP contribution in [0.3, 0.4) is 0 Å². The van der Waals surface area contributed by atoms with Gasteiger partial charge in [-0.15, -0.1) is 10.2 Å². The van der Waals surface area contributed by atoms with Crippen LogP contribution in [0.1, 0.15) is 6.92 Å². The first kappa shape index (κ1) is 18.6. The van der Waals surface area contributed by atoms with Crippen LogP contribution in [0.2, 0.25) is 0 Å². The maximum atomic E-state index is 12.3. The van der Waals surface area contributed by atoms with Crippen molar-refractivity contribution in [2.24, 2.45) is 0 Å². The molecule has 10 heteroatoms. The van der Waals surface area contributed by atoms with Gasteiger partial charge in [-0.1, -0.05) is 23.9 Å². The van der Waals surface area contributed by atoms with Gasteiger partial charge in [0.05, 0.1) is 25.2 Å². The quantitative estimate of drug-likeness (QED) is 0.528. The molecule has 0 bridgehead atoms. The zero-order valence-corrected chi connectivity index (χ0v) is 14.7. The van der Waals surface area contributed by atoms with Gasteiger partial charge in [-0.25, -0.2) is 0 Å². The molecule has 0 saturated heterocycles. The largest absolute Gasteiger partial charge is 0.495 e. The average molecular weight is 365 g/mol. The Morgan fingerprint density at radius 1 is 1.32 bits per heavy atom. The number of hydrogen-bond donors (Lipinski definition) is 2. The number of thioether (sulfide) groups is 1. The van der Waals surface area contributed by atoms with Crippen LogP contribution < -0.4 is 15.8 Å². The molecule has 0 atom stereocenters. The van der Waals surface area contributed by atoms with Crippen LogP contribution in [0.25, 0.3) is 0 Å². The first-order chi connectivity index (χ1) is 12.0. The number of carbonyl (C=O) groups excluding carboxylic acids is 2. The van der Waals surface area contributed by atoms with Crippen LogP contribution in [0.4, 0.5) is 11.6 Å². The van der Waals surface area contributed by atoms with Gasteiger partial charge in [0.2, 0.25) is 11.9 Å². The molecule has 0 radical (unpaired) electrons. The fraction of sp³-hybridized carbons (Fsp3) is 0.333. The summed E-state index contributed by atoms with van der Waals surface area (Å²) in [4.78, 5) is 23.7. The van der Waals surface area contributed by atoms with E-state index >= 15 is 0 Å². The van der Waals surface area contributed by atoms with Crippen molar-refractivity contribution in [3.63, 3.8) is 0 Å². The summed E-state index contributed by atoms with van der Waals surface area (Å²) in [6.07, 6.45) is 0. The molecule has 0 saturated carbocycles. The Balaban J connectivity index is 2.03. The Hall–Kier alpha value is -2.75. The van der Waals surface area contributed by atoms with Crippen molar-refractivity contribution in [2.45, 2.75) is 18.6 Å². The molecule has 9 nitrogen and oxygen atoms in total. The number of hydrogen-bond acceptors (Lipinski definition) is 8. The molecule has 25 heavy (non-hydrogen) atoms. The van der Waals surface area contributed by atoms with Crippen molar-refractivity contribution in [1.29, 1.82) is 0 Å².